The molecule has 29 heavy (non-hydrogen) atoms. The van der Waals surface area contributed by atoms with Gasteiger partial charge in [-0.25, -0.2) is 0 Å². The smallest absolute Gasteiger partial charge is 0.269 e. The summed E-state index contributed by atoms with van der Waals surface area (Å²) in [5, 5.41) is 2.77. The van der Waals surface area contributed by atoms with Crippen LogP contribution in [-0.2, 0) is 16.1 Å². The molecular weight excluding hydrogens is 388 g/mol. The summed E-state index contributed by atoms with van der Waals surface area (Å²) in [5.74, 6) is 0.330. The van der Waals surface area contributed by atoms with Gasteiger partial charge in [-0.2, -0.15) is 0 Å². The number of nitrogens with zero attached hydrogens (tertiary/aromatic N) is 1. The maximum absolute atomic E-state index is 13.0. The van der Waals surface area contributed by atoms with Crippen LogP contribution in [0, 0.1) is 5.41 Å². The van der Waals surface area contributed by atoms with E-state index in [2.05, 4.69) is 5.32 Å². The van der Waals surface area contributed by atoms with Gasteiger partial charge in [0, 0.05) is 18.0 Å². The van der Waals surface area contributed by atoms with Gasteiger partial charge in [-0.15, -0.1) is 11.3 Å². The zero-order chi connectivity index (χ0) is 21.6. The van der Waals surface area contributed by atoms with E-state index >= 15 is 0 Å². The number of ether oxygens (including phenoxy) is 1. The van der Waals surface area contributed by atoms with Crippen LogP contribution in [0.1, 0.15) is 39.7 Å². The summed E-state index contributed by atoms with van der Waals surface area (Å²) in [6.07, 6.45) is 4.01. The highest BCUT2D eigenvalue weighted by Crippen LogP contribution is 2.15. The van der Waals surface area contributed by atoms with Crippen molar-refractivity contribution in [1.82, 2.24) is 9.88 Å². The Kier molecular flexibility index (Phi) is 7.56. The van der Waals surface area contributed by atoms with Gasteiger partial charge in [-0.3, -0.25) is 19.0 Å². The molecule has 1 N–H and O–H groups in total. The van der Waals surface area contributed by atoms with E-state index in [0.717, 1.165) is 12.0 Å². The van der Waals surface area contributed by atoms with Crippen molar-refractivity contribution in [3.05, 3.63) is 49.4 Å². The van der Waals surface area contributed by atoms with Crippen molar-refractivity contribution in [2.75, 3.05) is 13.7 Å². The molecule has 0 saturated heterocycles. The van der Waals surface area contributed by atoms with E-state index in [1.807, 2.05) is 52.0 Å². The van der Waals surface area contributed by atoms with Gasteiger partial charge in [0.25, 0.3) is 5.56 Å². The molecule has 2 rings (SSSR count). The van der Waals surface area contributed by atoms with Gasteiger partial charge in [0.1, 0.15) is 17.0 Å². The first-order valence-corrected chi connectivity index (χ1v) is 10.4. The van der Waals surface area contributed by atoms with E-state index in [1.165, 1.54) is 22.0 Å². The van der Waals surface area contributed by atoms with Gasteiger partial charge in [0.15, 0.2) is 5.78 Å². The Morgan fingerprint density at radius 1 is 1.28 bits per heavy atom. The number of rotatable bonds is 7. The van der Waals surface area contributed by atoms with Gasteiger partial charge in [-0.1, -0.05) is 39.8 Å². The Balaban J connectivity index is 2.59. The average molecular weight is 417 g/mol. The second-order valence-electron chi connectivity index (χ2n) is 7.73. The molecule has 6 nitrogen and oxygen atoms in total. The number of Topliss-reactive ketones (excluding diaryl/α,β-unsaturated/α-hetero) is 1. The lowest BCUT2D eigenvalue weighted by Crippen LogP contribution is -2.38. The Morgan fingerprint density at radius 3 is 2.62 bits per heavy atom. The molecule has 0 aliphatic rings. The third-order valence-corrected chi connectivity index (χ3v) is 5.26. The minimum Gasteiger partial charge on any atom is -0.497 e. The van der Waals surface area contributed by atoms with E-state index < -0.39 is 5.41 Å². The fourth-order valence-corrected chi connectivity index (χ4v) is 3.51. The molecule has 1 amide bonds. The van der Waals surface area contributed by atoms with Gasteiger partial charge >= 0.3 is 0 Å². The number of hydrogen-bond acceptors (Lipinski definition) is 5. The van der Waals surface area contributed by atoms with Crippen LogP contribution in [0.3, 0.4) is 0 Å². The number of benzene rings is 1. The van der Waals surface area contributed by atoms with Crippen molar-refractivity contribution in [2.45, 2.75) is 40.7 Å². The first kappa shape index (κ1) is 22.6. The molecule has 0 radical (unpaired) electrons. The van der Waals surface area contributed by atoms with Crippen LogP contribution in [0.5, 0.6) is 5.75 Å². The van der Waals surface area contributed by atoms with Crippen LogP contribution in [-0.4, -0.2) is 29.9 Å². The first-order chi connectivity index (χ1) is 13.7. The van der Waals surface area contributed by atoms with Crippen LogP contribution in [0.2, 0.25) is 0 Å². The molecule has 1 aromatic carbocycles. The third-order valence-electron chi connectivity index (χ3n) is 4.20. The van der Waals surface area contributed by atoms with Crippen molar-refractivity contribution in [1.29, 1.82) is 0 Å². The van der Waals surface area contributed by atoms with Crippen LogP contribution < -0.4 is 24.8 Å². The van der Waals surface area contributed by atoms with Gasteiger partial charge in [-0.05, 0) is 30.2 Å². The lowest BCUT2D eigenvalue weighted by atomic mass is 9.91. The number of nitrogens with one attached hydrogen (secondary N) is 1. The van der Waals surface area contributed by atoms with Crippen LogP contribution in [0.25, 0.3) is 12.2 Å². The fraction of sp³-hybridized carbons (Fsp3) is 0.409. The predicted octanol–water partition coefficient (Wildman–Crippen LogP) is 1.67. The number of carbonyl (C=O) groups excluding carboxylic acids is 2. The molecule has 0 spiro atoms. The molecule has 0 aliphatic carbocycles. The summed E-state index contributed by atoms with van der Waals surface area (Å²) < 4.78 is 7.52. The lowest BCUT2D eigenvalue weighted by molar-refractivity contribution is -0.122. The highest BCUT2D eigenvalue weighted by atomic mass is 32.1. The minimum absolute atomic E-state index is 0.102. The number of amides is 1. The molecule has 0 bridgehead atoms. The van der Waals surface area contributed by atoms with E-state index in [0.29, 0.717) is 21.5 Å². The Labute approximate surface area is 174 Å². The van der Waals surface area contributed by atoms with Crippen LogP contribution in [0.15, 0.2) is 29.1 Å². The normalized spacial score (nSPS) is 12.9. The monoisotopic (exact) mass is 416 g/mol. The summed E-state index contributed by atoms with van der Waals surface area (Å²) in [7, 11) is 1.58. The molecule has 2 aromatic rings. The van der Waals surface area contributed by atoms with Crippen molar-refractivity contribution >= 4 is 35.2 Å². The molecule has 0 fully saturated rings. The van der Waals surface area contributed by atoms with Crippen molar-refractivity contribution in [2.24, 2.45) is 5.41 Å². The zero-order valence-corrected chi connectivity index (χ0v) is 18.4. The van der Waals surface area contributed by atoms with E-state index in [1.54, 1.807) is 13.2 Å². The summed E-state index contributed by atoms with van der Waals surface area (Å²) in [6, 6.07) is 7.35. The molecule has 1 aromatic heterocycles. The highest BCUT2D eigenvalue weighted by Gasteiger charge is 2.20. The van der Waals surface area contributed by atoms with Crippen molar-refractivity contribution in [3.8, 4) is 5.75 Å². The van der Waals surface area contributed by atoms with Crippen LogP contribution in [0.4, 0.5) is 0 Å². The number of carbonyl (C=O) groups is 2. The summed E-state index contributed by atoms with van der Waals surface area (Å²) in [4.78, 5) is 37.7. The third kappa shape index (κ3) is 6.15. The number of thiazole rings is 1. The Hall–Kier alpha value is -2.67. The minimum atomic E-state index is -0.577. The Morgan fingerprint density at radius 2 is 2.00 bits per heavy atom. The summed E-state index contributed by atoms with van der Waals surface area (Å²) in [5.41, 5.74) is -0.0668. The van der Waals surface area contributed by atoms with E-state index in [9.17, 15) is 14.4 Å². The average Bonchev–Trinajstić information content (AvgIpc) is 2.94. The van der Waals surface area contributed by atoms with E-state index in [-0.39, 0.29) is 23.8 Å². The predicted molar refractivity (Wildman–Crippen MR) is 117 cm³/mol. The molecule has 0 aliphatic heterocycles. The maximum Gasteiger partial charge on any atom is 0.269 e. The van der Waals surface area contributed by atoms with Gasteiger partial charge < -0.3 is 10.1 Å². The first-order valence-electron chi connectivity index (χ1n) is 9.54. The molecule has 0 saturated carbocycles. The molecule has 0 atom stereocenters. The number of hydrogen-bond donors (Lipinski definition) is 1. The van der Waals surface area contributed by atoms with Crippen LogP contribution >= 0.6 is 11.3 Å². The fourth-order valence-electron chi connectivity index (χ4n) is 2.47. The van der Waals surface area contributed by atoms with E-state index in [4.69, 9.17) is 4.74 Å². The van der Waals surface area contributed by atoms with Crippen molar-refractivity contribution in [3.63, 3.8) is 0 Å². The second-order valence-corrected chi connectivity index (χ2v) is 8.79. The quantitative estimate of drug-likeness (QED) is 0.745. The Bertz CT molecular complexity index is 1060. The molecule has 156 valence electrons. The second kappa shape index (κ2) is 9.69. The van der Waals surface area contributed by atoms with Gasteiger partial charge in [0.2, 0.25) is 5.91 Å². The summed E-state index contributed by atoms with van der Waals surface area (Å²) >= 11 is 1.20. The molecule has 0 unspecified atom stereocenters. The largest absolute Gasteiger partial charge is 0.497 e. The standard InChI is InChI=1S/C22H28N2O4S/c1-6-10-23-19(26)14-24-20(13-18(25)22(2,3)4)29-17(21(24)27)12-15-8-7-9-16(11-15)28-5/h7-9,11-13H,6,10,14H2,1-5H3,(H,23,26)/b17-12+,20-13-. The number of ketones is 1. The molecule has 7 heteroatoms. The maximum atomic E-state index is 13.0. The lowest BCUT2D eigenvalue weighted by Gasteiger charge is -2.12. The molecule has 1 heterocycles. The zero-order valence-electron chi connectivity index (χ0n) is 17.6. The SMILES string of the molecule is CCCNC(=O)Cn1c(=O)/c(=C\c2cccc(OC)c2)s/c1=C\C(=O)C(C)(C)C. The summed E-state index contributed by atoms with van der Waals surface area (Å²) in [6.45, 7) is 7.84. The highest BCUT2D eigenvalue weighted by molar-refractivity contribution is 7.07. The molecular formula is C22H28N2O4S. The topological polar surface area (TPSA) is 77.4 Å². The number of methoxy groups -OCH3 is 1. The number of aromatic nitrogens is 1. The van der Waals surface area contributed by atoms with Crippen molar-refractivity contribution < 1.29 is 14.3 Å². The van der Waals surface area contributed by atoms with Gasteiger partial charge in [0.05, 0.1) is 11.6 Å².